The van der Waals surface area contributed by atoms with Gasteiger partial charge in [-0.15, -0.1) is 11.3 Å². The molecule has 5 heteroatoms. The molecule has 19 heavy (non-hydrogen) atoms. The standard InChI is InChI=1S/C14H23N3OS/c15-10-14(6-3-1-2-4-7-14)13(18)16-8-5-12-9-19-11-17-12/h9,11H,1-8,10,15H2,(H,16,18). The van der Waals surface area contributed by atoms with E-state index in [4.69, 9.17) is 5.73 Å². The van der Waals surface area contributed by atoms with E-state index in [-0.39, 0.29) is 11.3 Å². The highest BCUT2D eigenvalue weighted by molar-refractivity contribution is 7.07. The molecule has 1 fully saturated rings. The third kappa shape index (κ3) is 3.76. The Labute approximate surface area is 118 Å². The molecule has 2 rings (SSSR count). The number of hydrogen-bond donors (Lipinski definition) is 2. The Bertz CT molecular complexity index is 383. The molecular formula is C14H23N3OS. The molecule has 0 bridgehead atoms. The number of hydrogen-bond acceptors (Lipinski definition) is 4. The second-order valence-electron chi connectivity index (χ2n) is 5.38. The summed E-state index contributed by atoms with van der Waals surface area (Å²) in [5.41, 5.74) is 8.45. The maximum Gasteiger partial charge on any atom is 0.227 e. The van der Waals surface area contributed by atoms with Crippen molar-refractivity contribution in [1.29, 1.82) is 0 Å². The molecule has 1 aliphatic carbocycles. The number of rotatable bonds is 5. The lowest BCUT2D eigenvalue weighted by Crippen LogP contribution is -2.46. The molecule has 0 atom stereocenters. The molecule has 1 heterocycles. The molecule has 0 spiro atoms. The van der Waals surface area contributed by atoms with E-state index >= 15 is 0 Å². The molecule has 106 valence electrons. The van der Waals surface area contributed by atoms with Gasteiger partial charge in [-0.2, -0.15) is 0 Å². The average Bonchev–Trinajstić information content (AvgIpc) is 2.82. The lowest BCUT2D eigenvalue weighted by atomic mass is 9.79. The fourth-order valence-corrected chi connectivity index (χ4v) is 3.37. The van der Waals surface area contributed by atoms with Crippen LogP contribution in [0.25, 0.3) is 0 Å². The number of amides is 1. The van der Waals surface area contributed by atoms with E-state index in [1.54, 1.807) is 11.3 Å². The minimum Gasteiger partial charge on any atom is -0.355 e. The maximum atomic E-state index is 12.4. The van der Waals surface area contributed by atoms with Crippen LogP contribution in [0.2, 0.25) is 0 Å². The molecule has 1 aliphatic rings. The highest BCUT2D eigenvalue weighted by Gasteiger charge is 2.36. The van der Waals surface area contributed by atoms with Crippen molar-refractivity contribution in [3.05, 3.63) is 16.6 Å². The first kappa shape index (κ1) is 14.5. The van der Waals surface area contributed by atoms with E-state index in [1.807, 2.05) is 10.9 Å². The van der Waals surface area contributed by atoms with Gasteiger partial charge in [0.25, 0.3) is 0 Å². The van der Waals surface area contributed by atoms with Crippen LogP contribution in [0.4, 0.5) is 0 Å². The number of nitrogens with one attached hydrogen (secondary N) is 1. The van der Waals surface area contributed by atoms with Crippen LogP contribution in [0.15, 0.2) is 10.9 Å². The van der Waals surface area contributed by atoms with Gasteiger partial charge in [-0.05, 0) is 12.8 Å². The van der Waals surface area contributed by atoms with Gasteiger partial charge in [0.1, 0.15) is 0 Å². The van der Waals surface area contributed by atoms with Crippen molar-refractivity contribution in [2.75, 3.05) is 13.1 Å². The van der Waals surface area contributed by atoms with Crippen molar-refractivity contribution in [1.82, 2.24) is 10.3 Å². The highest BCUT2D eigenvalue weighted by Crippen LogP contribution is 2.34. The smallest absolute Gasteiger partial charge is 0.227 e. The van der Waals surface area contributed by atoms with Gasteiger partial charge in [0.2, 0.25) is 5.91 Å². The first-order valence-electron chi connectivity index (χ1n) is 7.12. The van der Waals surface area contributed by atoms with Gasteiger partial charge >= 0.3 is 0 Å². The van der Waals surface area contributed by atoms with Gasteiger partial charge in [-0.25, -0.2) is 4.98 Å². The molecule has 4 nitrogen and oxygen atoms in total. The highest BCUT2D eigenvalue weighted by atomic mass is 32.1. The summed E-state index contributed by atoms with van der Waals surface area (Å²) in [6, 6.07) is 0. The Morgan fingerprint density at radius 1 is 1.37 bits per heavy atom. The Morgan fingerprint density at radius 3 is 2.68 bits per heavy atom. The third-order valence-corrected chi connectivity index (χ3v) is 4.72. The SMILES string of the molecule is NCC1(C(=O)NCCc2cscn2)CCCCCC1. The predicted octanol–water partition coefficient (Wildman–Crippen LogP) is 2.10. The minimum atomic E-state index is -0.321. The monoisotopic (exact) mass is 281 g/mol. The summed E-state index contributed by atoms with van der Waals surface area (Å²) in [6.45, 7) is 1.12. The van der Waals surface area contributed by atoms with Gasteiger partial charge in [-0.3, -0.25) is 4.79 Å². The van der Waals surface area contributed by atoms with Crippen LogP contribution < -0.4 is 11.1 Å². The molecule has 0 unspecified atom stereocenters. The quantitative estimate of drug-likeness (QED) is 0.812. The molecule has 0 aromatic carbocycles. The van der Waals surface area contributed by atoms with Crippen LogP contribution in [-0.4, -0.2) is 24.0 Å². The van der Waals surface area contributed by atoms with Gasteiger partial charge in [-0.1, -0.05) is 25.7 Å². The number of nitrogens with zero attached hydrogens (tertiary/aromatic N) is 1. The summed E-state index contributed by atoms with van der Waals surface area (Å²) >= 11 is 1.59. The summed E-state index contributed by atoms with van der Waals surface area (Å²) in [6.07, 6.45) is 7.38. The molecule has 1 aromatic rings. The lowest BCUT2D eigenvalue weighted by molar-refractivity contribution is -0.131. The van der Waals surface area contributed by atoms with Gasteiger partial charge in [0, 0.05) is 24.9 Å². The molecule has 0 aliphatic heterocycles. The Morgan fingerprint density at radius 2 is 2.11 bits per heavy atom. The lowest BCUT2D eigenvalue weighted by Gasteiger charge is -2.29. The summed E-state index contributed by atoms with van der Waals surface area (Å²) in [4.78, 5) is 16.6. The third-order valence-electron chi connectivity index (χ3n) is 4.08. The second-order valence-corrected chi connectivity index (χ2v) is 6.10. The summed E-state index contributed by atoms with van der Waals surface area (Å²) < 4.78 is 0. The molecule has 0 radical (unpaired) electrons. The average molecular weight is 281 g/mol. The first-order chi connectivity index (χ1) is 9.27. The van der Waals surface area contributed by atoms with E-state index in [9.17, 15) is 4.79 Å². The van der Waals surface area contributed by atoms with Crippen molar-refractivity contribution < 1.29 is 4.79 Å². The van der Waals surface area contributed by atoms with Crippen LogP contribution in [0, 0.1) is 5.41 Å². The molecular weight excluding hydrogens is 258 g/mol. The van der Waals surface area contributed by atoms with E-state index in [0.29, 0.717) is 13.1 Å². The van der Waals surface area contributed by atoms with E-state index in [0.717, 1.165) is 37.8 Å². The number of carbonyl (C=O) groups excluding carboxylic acids is 1. The number of aromatic nitrogens is 1. The minimum absolute atomic E-state index is 0.145. The van der Waals surface area contributed by atoms with Crippen LogP contribution in [0.5, 0.6) is 0 Å². The van der Waals surface area contributed by atoms with Crippen molar-refractivity contribution in [2.24, 2.45) is 11.1 Å². The van der Waals surface area contributed by atoms with Crippen molar-refractivity contribution in [3.8, 4) is 0 Å². The zero-order chi connectivity index (χ0) is 13.6. The zero-order valence-corrected chi connectivity index (χ0v) is 12.2. The van der Waals surface area contributed by atoms with Gasteiger partial charge < -0.3 is 11.1 Å². The maximum absolute atomic E-state index is 12.4. The van der Waals surface area contributed by atoms with Crippen LogP contribution in [0.1, 0.15) is 44.2 Å². The number of carbonyl (C=O) groups is 1. The molecule has 0 saturated heterocycles. The fraction of sp³-hybridized carbons (Fsp3) is 0.714. The van der Waals surface area contributed by atoms with E-state index in [2.05, 4.69) is 10.3 Å². The van der Waals surface area contributed by atoms with E-state index in [1.165, 1.54) is 12.8 Å². The topological polar surface area (TPSA) is 68.0 Å². The fourth-order valence-electron chi connectivity index (χ4n) is 2.78. The summed E-state index contributed by atoms with van der Waals surface area (Å²) in [5.74, 6) is 0.145. The van der Waals surface area contributed by atoms with Crippen molar-refractivity contribution in [2.45, 2.75) is 44.9 Å². The van der Waals surface area contributed by atoms with E-state index < -0.39 is 0 Å². The van der Waals surface area contributed by atoms with Crippen LogP contribution in [-0.2, 0) is 11.2 Å². The predicted molar refractivity (Wildman–Crippen MR) is 78.0 cm³/mol. The Kier molecular flexibility index (Phi) is 5.34. The first-order valence-corrected chi connectivity index (χ1v) is 8.06. The van der Waals surface area contributed by atoms with Crippen molar-refractivity contribution >= 4 is 17.2 Å². The van der Waals surface area contributed by atoms with Crippen LogP contribution in [0.3, 0.4) is 0 Å². The second kappa shape index (κ2) is 7.01. The Hall–Kier alpha value is -0.940. The summed E-state index contributed by atoms with van der Waals surface area (Å²) in [5, 5.41) is 5.08. The largest absolute Gasteiger partial charge is 0.355 e. The van der Waals surface area contributed by atoms with Crippen LogP contribution >= 0.6 is 11.3 Å². The molecule has 1 saturated carbocycles. The number of thiazole rings is 1. The Balaban J connectivity index is 1.85. The van der Waals surface area contributed by atoms with Crippen molar-refractivity contribution in [3.63, 3.8) is 0 Å². The number of nitrogens with two attached hydrogens (primary N) is 1. The van der Waals surface area contributed by atoms with Gasteiger partial charge in [0.05, 0.1) is 16.6 Å². The molecule has 1 amide bonds. The zero-order valence-electron chi connectivity index (χ0n) is 11.4. The van der Waals surface area contributed by atoms with Gasteiger partial charge in [0.15, 0.2) is 0 Å². The molecule has 3 N–H and O–H groups in total. The molecule has 1 aromatic heterocycles. The summed E-state index contributed by atoms with van der Waals surface area (Å²) in [7, 11) is 0. The normalized spacial score (nSPS) is 18.8.